The number of nitrogens with one attached hydrogen (secondary N) is 1. The molecular formula is C25H26N4O3. The van der Waals surface area contributed by atoms with Crippen LogP contribution in [0.3, 0.4) is 0 Å². The van der Waals surface area contributed by atoms with Crippen LogP contribution in [0.4, 0.5) is 5.69 Å². The van der Waals surface area contributed by atoms with Gasteiger partial charge in [0.1, 0.15) is 11.1 Å². The van der Waals surface area contributed by atoms with Gasteiger partial charge in [-0.1, -0.05) is 24.3 Å². The number of aromatic nitrogens is 2. The van der Waals surface area contributed by atoms with E-state index in [2.05, 4.69) is 10.2 Å². The third-order valence-corrected chi connectivity index (χ3v) is 6.45. The fraction of sp³-hybridized carbons (Fsp3) is 0.320. The second kappa shape index (κ2) is 7.82. The van der Waals surface area contributed by atoms with Gasteiger partial charge in [0.15, 0.2) is 11.5 Å². The van der Waals surface area contributed by atoms with Gasteiger partial charge in [-0.15, -0.1) is 0 Å². The van der Waals surface area contributed by atoms with Crippen LogP contribution in [0.5, 0.6) is 0 Å². The summed E-state index contributed by atoms with van der Waals surface area (Å²) in [5.74, 6) is 0.619. The zero-order valence-corrected chi connectivity index (χ0v) is 18.5. The Morgan fingerprint density at radius 2 is 1.91 bits per heavy atom. The maximum absolute atomic E-state index is 13.1. The fourth-order valence-electron chi connectivity index (χ4n) is 4.72. The van der Waals surface area contributed by atoms with Gasteiger partial charge >= 0.3 is 0 Å². The van der Waals surface area contributed by atoms with Crippen LogP contribution in [0.25, 0.3) is 22.0 Å². The number of pyridine rings is 1. The minimum Gasteiger partial charge on any atom is -0.440 e. The highest BCUT2D eigenvalue weighted by Crippen LogP contribution is 2.35. The first-order valence-electron chi connectivity index (χ1n) is 10.9. The van der Waals surface area contributed by atoms with Gasteiger partial charge < -0.3 is 19.2 Å². The Kier molecular flexibility index (Phi) is 4.96. The Labute approximate surface area is 185 Å². The summed E-state index contributed by atoms with van der Waals surface area (Å²) in [7, 11) is 3.27. The molecule has 3 heterocycles. The van der Waals surface area contributed by atoms with Crippen LogP contribution in [-0.4, -0.2) is 35.6 Å². The summed E-state index contributed by atoms with van der Waals surface area (Å²) >= 11 is 0. The number of carbonyl (C=O) groups excluding carboxylic acids is 1. The fourth-order valence-corrected chi connectivity index (χ4v) is 4.72. The molecule has 0 saturated carbocycles. The van der Waals surface area contributed by atoms with Gasteiger partial charge in [-0.05, 0) is 43.5 Å². The molecule has 0 aliphatic carbocycles. The van der Waals surface area contributed by atoms with E-state index in [0.717, 1.165) is 52.0 Å². The van der Waals surface area contributed by atoms with Crippen molar-refractivity contribution in [3.63, 3.8) is 0 Å². The molecule has 1 saturated heterocycles. The number of carbonyl (C=O) groups is 1. The SMILES string of the molecule is CNC(=O)c1c(N2CCC(c3nc4cc(C)ccc4o3)CC2)c2ccccc2n(C)c1=O. The summed E-state index contributed by atoms with van der Waals surface area (Å²) in [4.78, 5) is 32.7. The predicted octanol–water partition coefficient (Wildman–Crippen LogP) is 3.73. The molecule has 7 nitrogen and oxygen atoms in total. The number of para-hydroxylation sites is 1. The van der Waals surface area contributed by atoms with Crippen molar-refractivity contribution in [2.75, 3.05) is 25.0 Å². The van der Waals surface area contributed by atoms with Crippen molar-refractivity contribution < 1.29 is 9.21 Å². The van der Waals surface area contributed by atoms with E-state index in [0.29, 0.717) is 13.1 Å². The number of hydrogen-bond acceptors (Lipinski definition) is 5. The van der Waals surface area contributed by atoms with E-state index >= 15 is 0 Å². The van der Waals surface area contributed by atoms with Crippen LogP contribution in [0.15, 0.2) is 51.7 Å². The molecule has 164 valence electrons. The minimum atomic E-state index is -0.359. The van der Waals surface area contributed by atoms with Crippen LogP contribution in [0.1, 0.15) is 40.6 Å². The predicted molar refractivity (Wildman–Crippen MR) is 126 cm³/mol. The highest BCUT2D eigenvalue weighted by molar-refractivity contribution is 6.07. The summed E-state index contributed by atoms with van der Waals surface area (Å²) in [5.41, 5.74) is 4.31. The van der Waals surface area contributed by atoms with Gasteiger partial charge in [-0.2, -0.15) is 0 Å². The van der Waals surface area contributed by atoms with Crippen LogP contribution < -0.4 is 15.8 Å². The molecule has 5 rings (SSSR count). The van der Waals surface area contributed by atoms with Crippen LogP contribution in [0, 0.1) is 6.92 Å². The molecule has 1 aliphatic heterocycles. The molecule has 32 heavy (non-hydrogen) atoms. The molecule has 0 radical (unpaired) electrons. The third-order valence-electron chi connectivity index (χ3n) is 6.45. The number of benzene rings is 2. The average molecular weight is 431 g/mol. The second-order valence-corrected chi connectivity index (χ2v) is 8.47. The first-order valence-corrected chi connectivity index (χ1v) is 10.9. The first-order chi connectivity index (χ1) is 15.5. The lowest BCUT2D eigenvalue weighted by atomic mass is 9.95. The zero-order valence-electron chi connectivity index (χ0n) is 18.5. The Balaban J connectivity index is 1.51. The van der Waals surface area contributed by atoms with E-state index in [-0.39, 0.29) is 22.9 Å². The van der Waals surface area contributed by atoms with E-state index in [1.807, 2.05) is 49.4 Å². The molecular weight excluding hydrogens is 404 g/mol. The minimum absolute atomic E-state index is 0.199. The number of rotatable bonds is 3. The first kappa shape index (κ1) is 20.3. The van der Waals surface area contributed by atoms with E-state index < -0.39 is 0 Å². The number of fused-ring (bicyclic) bond motifs is 2. The summed E-state index contributed by atoms with van der Waals surface area (Å²) in [5, 5.41) is 3.55. The normalized spacial score (nSPS) is 14.9. The molecule has 1 amide bonds. The smallest absolute Gasteiger partial charge is 0.265 e. The molecule has 0 spiro atoms. The second-order valence-electron chi connectivity index (χ2n) is 8.47. The Hall–Kier alpha value is -3.61. The van der Waals surface area contributed by atoms with Gasteiger partial charge in [-0.25, -0.2) is 4.98 Å². The molecule has 1 N–H and O–H groups in total. The van der Waals surface area contributed by atoms with E-state index in [4.69, 9.17) is 9.40 Å². The number of anilines is 1. The summed E-state index contributed by atoms with van der Waals surface area (Å²) in [6.45, 7) is 3.47. The lowest BCUT2D eigenvalue weighted by Crippen LogP contribution is -2.39. The number of hydrogen-bond donors (Lipinski definition) is 1. The Morgan fingerprint density at radius 3 is 2.66 bits per heavy atom. The molecule has 1 aliphatic rings. The number of nitrogens with zero attached hydrogens (tertiary/aromatic N) is 3. The van der Waals surface area contributed by atoms with Crippen molar-refractivity contribution in [1.82, 2.24) is 14.9 Å². The quantitative estimate of drug-likeness (QED) is 0.536. The largest absolute Gasteiger partial charge is 0.440 e. The number of amides is 1. The van der Waals surface area contributed by atoms with E-state index in [9.17, 15) is 9.59 Å². The summed E-state index contributed by atoms with van der Waals surface area (Å²) in [6, 6.07) is 13.8. The van der Waals surface area contributed by atoms with Crippen molar-refractivity contribution in [2.24, 2.45) is 7.05 Å². The summed E-state index contributed by atoms with van der Waals surface area (Å²) in [6.07, 6.45) is 1.67. The van der Waals surface area contributed by atoms with Crippen LogP contribution >= 0.6 is 0 Å². The Bertz CT molecular complexity index is 1390. The lowest BCUT2D eigenvalue weighted by molar-refractivity contribution is 0.0961. The zero-order chi connectivity index (χ0) is 22.4. The van der Waals surface area contributed by atoms with Gasteiger partial charge in [0, 0.05) is 38.5 Å². The van der Waals surface area contributed by atoms with E-state index in [1.54, 1.807) is 18.7 Å². The van der Waals surface area contributed by atoms with Crippen molar-refractivity contribution in [3.8, 4) is 0 Å². The van der Waals surface area contributed by atoms with Crippen molar-refractivity contribution in [1.29, 1.82) is 0 Å². The third kappa shape index (κ3) is 3.25. The van der Waals surface area contributed by atoms with Gasteiger partial charge in [0.2, 0.25) is 0 Å². The molecule has 1 fully saturated rings. The van der Waals surface area contributed by atoms with Crippen molar-refractivity contribution in [3.05, 3.63) is 69.8 Å². The molecule has 7 heteroatoms. The summed E-state index contributed by atoms with van der Waals surface area (Å²) < 4.78 is 7.59. The van der Waals surface area contributed by atoms with E-state index in [1.165, 1.54) is 0 Å². The maximum atomic E-state index is 13.1. The monoisotopic (exact) mass is 430 g/mol. The molecule has 0 bridgehead atoms. The molecule has 0 atom stereocenters. The average Bonchev–Trinajstić information content (AvgIpc) is 3.24. The highest BCUT2D eigenvalue weighted by Gasteiger charge is 2.30. The van der Waals surface area contributed by atoms with Crippen LogP contribution in [-0.2, 0) is 7.05 Å². The molecule has 0 unspecified atom stereocenters. The standard InChI is InChI=1S/C25H26N4O3/c1-15-8-9-20-18(14-15)27-24(32-20)16-10-12-29(13-11-16)22-17-6-4-5-7-19(17)28(3)25(31)21(22)23(30)26-2/h4-9,14,16H,10-13H2,1-3H3,(H,26,30). The molecule has 2 aromatic heterocycles. The number of oxazole rings is 1. The topological polar surface area (TPSA) is 80.4 Å². The van der Waals surface area contributed by atoms with Crippen molar-refractivity contribution >= 4 is 33.6 Å². The number of aryl methyl sites for hydroxylation is 2. The number of piperidine rings is 1. The van der Waals surface area contributed by atoms with Crippen molar-refractivity contribution in [2.45, 2.75) is 25.7 Å². The van der Waals surface area contributed by atoms with Gasteiger partial charge in [0.25, 0.3) is 11.5 Å². The highest BCUT2D eigenvalue weighted by atomic mass is 16.3. The van der Waals surface area contributed by atoms with Gasteiger partial charge in [-0.3, -0.25) is 9.59 Å². The molecule has 2 aromatic carbocycles. The van der Waals surface area contributed by atoms with Crippen LogP contribution in [0.2, 0.25) is 0 Å². The van der Waals surface area contributed by atoms with Gasteiger partial charge in [0.05, 0.1) is 11.2 Å². The lowest BCUT2D eigenvalue weighted by Gasteiger charge is -2.34. The Morgan fingerprint density at radius 1 is 1.16 bits per heavy atom. The maximum Gasteiger partial charge on any atom is 0.265 e. The molecule has 4 aromatic rings.